The van der Waals surface area contributed by atoms with E-state index in [1.807, 2.05) is 0 Å². The van der Waals surface area contributed by atoms with Crippen LogP contribution < -0.4 is 5.32 Å². The first-order valence-corrected chi connectivity index (χ1v) is 7.15. The summed E-state index contributed by atoms with van der Waals surface area (Å²) in [5.41, 5.74) is -0.452. The number of rotatable bonds is 2. The second kappa shape index (κ2) is 5.64. The molecule has 5 nitrogen and oxygen atoms in total. The normalized spacial score (nSPS) is 22.1. The summed E-state index contributed by atoms with van der Waals surface area (Å²) < 4.78 is 43.8. The van der Waals surface area contributed by atoms with E-state index in [0.717, 1.165) is 0 Å². The number of hydrogen-bond acceptors (Lipinski definition) is 3. The molecule has 9 heteroatoms. The number of amides is 1. The van der Waals surface area contributed by atoms with Crippen molar-refractivity contribution in [1.82, 2.24) is 9.78 Å². The number of nitrogens with one attached hydrogen (secondary N) is 1. The molecule has 1 amide bonds. The predicted molar refractivity (Wildman–Crippen MR) is 74.9 cm³/mol. The van der Waals surface area contributed by atoms with E-state index in [2.05, 4.69) is 10.4 Å². The molecule has 1 aliphatic rings. The third kappa shape index (κ3) is 3.85. The van der Waals surface area contributed by atoms with Gasteiger partial charge in [-0.1, -0.05) is 11.6 Å². The van der Waals surface area contributed by atoms with Crippen LogP contribution in [-0.2, 0) is 4.74 Å². The lowest BCUT2D eigenvalue weighted by Gasteiger charge is -2.36. The molecule has 0 aromatic carbocycles. The third-order valence-electron chi connectivity index (χ3n) is 3.29. The van der Waals surface area contributed by atoms with E-state index in [-0.39, 0.29) is 23.7 Å². The Labute approximate surface area is 130 Å². The van der Waals surface area contributed by atoms with Crippen molar-refractivity contribution in [2.45, 2.75) is 51.4 Å². The van der Waals surface area contributed by atoms with Gasteiger partial charge in [-0.25, -0.2) is 9.48 Å². The summed E-state index contributed by atoms with van der Waals surface area (Å²) in [6, 6.07) is -0.409. The van der Waals surface area contributed by atoms with Crippen LogP contribution in [0.4, 0.5) is 23.7 Å². The van der Waals surface area contributed by atoms with E-state index in [9.17, 15) is 18.0 Å². The van der Waals surface area contributed by atoms with Crippen LogP contribution in [0.3, 0.4) is 0 Å². The van der Waals surface area contributed by atoms with Crippen LogP contribution in [-0.4, -0.2) is 27.7 Å². The van der Waals surface area contributed by atoms with E-state index >= 15 is 0 Å². The quantitative estimate of drug-likeness (QED) is 0.869. The Morgan fingerprint density at radius 1 is 1.41 bits per heavy atom. The minimum Gasteiger partial charge on any atom is -0.444 e. The molecule has 1 saturated carbocycles. The zero-order valence-corrected chi connectivity index (χ0v) is 13.1. The molecule has 22 heavy (non-hydrogen) atoms. The molecular weight excluding hydrogens is 323 g/mol. The Morgan fingerprint density at radius 2 is 2.00 bits per heavy atom. The Hall–Kier alpha value is -1.44. The molecule has 0 atom stereocenters. The topological polar surface area (TPSA) is 56.1 Å². The van der Waals surface area contributed by atoms with Gasteiger partial charge >= 0.3 is 12.3 Å². The summed E-state index contributed by atoms with van der Waals surface area (Å²) in [4.78, 5) is 11.6. The SMILES string of the molecule is CC(C)(C)OC(=O)Nc1cnn(C2CC(C(F)(F)F)C2)c1Cl. The highest BCUT2D eigenvalue weighted by Gasteiger charge is 2.49. The minimum atomic E-state index is -4.19. The zero-order chi connectivity index (χ0) is 16.7. The van der Waals surface area contributed by atoms with Gasteiger partial charge in [0, 0.05) is 0 Å². The lowest BCUT2D eigenvalue weighted by molar-refractivity contribution is -0.203. The van der Waals surface area contributed by atoms with Crippen LogP contribution in [0.15, 0.2) is 6.20 Å². The first-order chi connectivity index (χ1) is 9.97. The van der Waals surface area contributed by atoms with E-state index in [1.165, 1.54) is 10.9 Å². The number of ether oxygens (including phenoxy) is 1. The molecule has 1 fully saturated rings. The predicted octanol–water partition coefficient (Wildman–Crippen LogP) is 4.40. The summed E-state index contributed by atoms with van der Waals surface area (Å²) in [6.45, 7) is 5.13. The van der Waals surface area contributed by atoms with E-state index in [0.29, 0.717) is 0 Å². The fraction of sp³-hybridized carbons (Fsp3) is 0.692. The Bertz CT molecular complexity index is 560. The number of nitrogens with zero attached hydrogens (tertiary/aromatic N) is 2. The van der Waals surface area contributed by atoms with Crippen molar-refractivity contribution < 1.29 is 22.7 Å². The van der Waals surface area contributed by atoms with Gasteiger partial charge in [-0.05, 0) is 33.6 Å². The van der Waals surface area contributed by atoms with Crippen LogP contribution in [0.1, 0.15) is 39.7 Å². The highest BCUT2D eigenvalue weighted by atomic mass is 35.5. The van der Waals surface area contributed by atoms with E-state index < -0.39 is 29.8 Å². The average Bonchev–Trinajstić information content (AvgIpc) is 2.55. The first-order valence-electron chi connectivity index (χ1n) is 6.77. The van der Waals surface area contributed by atoms with Gasteiger partial charge < -0.3 is 4.74 Å². The van der Waals surface area contributed by atoms with Gasteiger partial charge in [-0.2, -0.15) is 18.3 Å². The molecule has 1 heterocycles. The van der Waals surface area contributed by atoms with Gasteiger partial charge in [-0.15, -0.1) is 0 Å². The van der Waals surface area contributed by atoms with Gasteiger partial charge in [0.15, 0.2) is 5.15 Å². The minimum absolute atomic E-state index is 0.0588. The highest BCUT2D eigenvalue weighted by Crippen LogP contribution is 2.48. The van der Waals surface area contributed by atoms with Crippen LogP contribution in [0, 0.1) is 5.92 Å². The Balaban J connectivity index is 1.98. The number of alkyl halides is 3. The summed E-state index contributed by atoms with van der Waals surface area (Å²) in [7, 11) is 0. The number of aromatic nitrogens is 2. The summed E-state index contributed by atoms with van der Waals surface area (Å²) in [6.07, 6.45) is -3.70. The number of carbonyl (C=O) groups is 1. The molecule has 0 spiro atoms. The third-order valence-corrected chi connectivity index (χ3v) is 3.67. The largest absolute Gasteiger partial charge is 0.444 e. The molecule has 0 unspecified atom stereocenters. The van der Waals surface area contributed by atoms with Crippen LogP contribution in [0.25, 0.3) is 0 Å². The molecule has 0 aliphatic heterocycles. The number of hydrogen-bond donors (Lipinski definition) is 1. The van der Waals surface area contributed by atoms with E-state index in [4.69, 9.17) is 16.3 Å². The highest BCUT2D eigenvalue weighted by molar-refractivity contribution is 6.32. The van der Waals surface area contributed by atoms with Gasteiger partial charge in [0.25, 0.3) is 0 Å². The second-order valence-electron chi connectivity index (χ2n) is 6.28. The lowest BCUT2D eigenvalue weighted by atomic mass is 9.80. The molecule has 0 radical (unpaired) electrons. The maximum absolute atomic E-state index is 12.5. The maximum atomic E-state index is 12.5. The van der Waals surface area contributed by atoms with Crippen molar-refractivity contribution in [3.63, 3.8) is 0 Å². The monoisotopic (exact) mass is 339 g/mol. The number of halogens is 4. The van der Waals surface area contributed by atoms with Crippen LogP contribution in [0.2, 0.25) is 5.15 Å². The smallest absolute Gasteiger partial charge is 0.412 e. The maximum Gasteiger partial charge on any atom is 0.412 e. The molecule has 1 aromatic rings. The van der Waals surface area contributed by atoms with Crippen molar-refractivity contribution in [1.29, 1.82) is 0 Å². The molecule has 0 bridgehead atoms. The van der Waals surface area contributed by atoms with Gasteiger partial charge in [0.1, 0.15) is 11.3 Å². The number of anilines is 1. The molecule has 0 saturated heterocycles. The summed E-state index contributed by atoms with van der Waals surface area (Å²) >= 11 is 6.06. The van der Waals surface area contributed by atoms with Crippen LogP contribution in [0.5, 0.6) is 0 Å². The molecule has 1 N–H and O–H groups in total. The molecule has 1 aliphatic carbocycles. The molecule has 1 aromatic heterocycles. The van der Waals surface area contributed by atoms with Crippen molar-refractivity contribution >= 4 is 23.4 Å². The van der Waals surface area contributed by atoms with Crippen LogP contribution >= 0.6 is 11.6 Å². The van der Waals surface area contributed by atoms with Gasteiger partial charge in [0.05, 0.1) is 18.2 Å². The van der Waals surface area contributed by atoms with Crippen molar-refractivity contribution in [3.05, 3.63) is 11.3 Å². The standard InChI is InChI=1S/C13H17ClF3N3O2/c1-12(2,3)22-11(21)19-9-6-18-20(10(9)14)8-4-7(5-8)13(15,16)17/h6-8H,4-5H2,1-3H3,(H,19,21). The van der Waals surface area contributed by atoms with Crippen molar-refractivity contribution in [3.8, 4) is 0 Å². The average molecular weight is 340 g/mol. The molecule has 124 valence electrons. The number of carbonyl (C=O) groups excluding carboxylic acids is 1. The Kier molecular flexibility index (Phi) is 4.34. The van der Waals surface area contributed by atoms with Crippen molar-refractivity contribution in [2.75, 3.05) is 5.32 Å². The summed E-state index contributed by atoms with van der Waals surface area (Å²) in [5, 5.41) is 6.48. The Morgan fingerprint density at radius 3 is 2.50 bits per heavy atom. The zero-order valence-electron chi connectivity index (χ0n) is 12.4. The fourth-order valence-electron chi connectivity index (χ4n) is 2.15. The fourth-order valence-corrected chi connectivity index (χ4v) is 2.43. The lowest BCUT2D eigenvalue weighted by Crippen LogP contribution is -2.37. The summed E-state index contributed by atoms with van der Waals surface area (Å²) in [5.74, 6) is -1.32. The first kappa shape index (κ1) is 16.9. The van der Waals surface area contributed by atoms with Gasteiger partial charge in [-0.3, -0.25) is 5.32 Å². The second-order valence-corrected chi connectivity index (χ2v) is 6.64. The van der Waals surface area contributed by atoms with Crippen molar-refractivity contribution in [2.24, 2.45) is 5.92 Å². The molecular formula is C13H17ClF3N3O2. The molecule has 2 rings (SSSR count). The van der Waals surface area contributed by atoms with Gasteiger partial charge in [0.2, 0.25) is 0 Å². The van der Waals surface area contributed by atoms with E-state index in [1.54, 1.807) is 20.8 Å².